The van der Waals surface area contributed by atoms with Crippen LogP contribution in [0, 0.1) is 17.3 Å². The van der Waals surface area contributed by atoms with Crippen molar-refractivity contribution in [1.82, 2.24) is 5.32 Å². The van der Waals surface area contributed by atoms with Crippen LogP contribution in [0.4, 0.5) is 0 Å². The van der Waals surface area contributed by atoms with E-state index in [1.54, 1.807) is 6.92 Å². The van der Waals surface area contributed by atoms with Gasteiger partial charge >= 0.3 is 0 Å². The Morgan fingerprint density at radius 2 is 1.88 bits per heavy atom. The molecule has 0 aromatic heterocycles. The third-order valence-electron chi connectivity index (χ3n) is 5.37. The SMILES string of the molecule is CCC12C[C@H]3C[C@@H](C1)CC(NC(C)=O)(C3)C2. The van der Waals surface area contributed by atoms with Gasteiger partial charge in [0.05, 0.1) is 0 Å². The van der Waals surface area contributed by atoms with Crippen LogP contribution in [0.25, 0.3) is 0 Å². The van der Waals surface area contributed by atoms with E-state index in [1.165, 1.54) is 44.9 Å². The van der Waals surface area contributed by atoms with E-state index in [4.69, 9.17) is 0 Å². The number of hydrogen-bond donors (Lipinski definition) is 1. The van der Waals surface area contributed by atoms with Crippen LogP contribution in [-0.2, 0) is 4.79 Å². The van der Waals surface area contributed by atoms with Crippen LogP contribution < -0.4 is 5.32 Å². The summed E-state index contributed by atoms with van der Waals surface area (Å²) < 4.78 is 0. The number of carbonyl (C=O) groups excluding carboxylic acids is 1. The van der Waals surface area contributed by atoms with Gasteiger partial charge in [0, 0.05) is 12.5 Å². The number of carbonyl (C=O) groups is 1. The van der Waals surface area contributed by atoms with Crippen molar-refractivity contribution in [1.29, 1.82) is 0 Å². The van der Waals surface area contributed by atoms with Gasteiger partial charge in [-0.15, -0.1) is 0 Å². The summed E-state index contributed by atoms with van der Waals surface area (Å²) in [7, 11) is 0. The maximum Gasteiger partial charge on any atom is 0.217 e. The fraction of sp³-hybridized carbons (Fsp3) is 0.929. The molecular formula is C14H23NO. The first-order valence-corrected chi connectivity index (χ1v) is 6.84. The molecule has 0 aromatic carbocycles. The molecule has 4 atom stereocenters. The molecule has 4 aliphatic carbocycles. The van der Waals surface area contributed by atoms with Gasteiger partial charge in [-0.05, 0) is 55.8 Å². The highest BCUT2D eigenvalue weighted by atomic mass is 16.1. The van der Waals surface area contributed by atoms with E-state index in [-0.39, 0.29) is 11.4 Å². The highest BCUT2D eigenvalue weighted by Gasteiger charge is 2.57. The van der Waals surface area contributed by atoms with Crippen LogP contribution in [0.3, 0.4) is 0 Å². The molecule has 90 valence electrons. The molecule has 2 unspecified atom stereocenters. The fourth-order valence-corrected chi connectivity index (χ4v) is 5.39. The first-order chi connectivity index (χ1) is 7.55. The molecule has 0 aliphatic heterocycles. The smallest absolute Gasteiger partial charge is 0.217 e. The molecule has 16 heavy (non-hydrogen) atoms. The lowest BCUT2D eigenvalue weighted by Crippen LogP contribution is -2.62. The van der Waals surface area contributed by atoms with Crippen LogP contribution in [0.2, 0.25) is 0 Å². The molecule has 4 aliphatic rings. The van der Waals surface area contributed by atoms with Gasteiger partial charge in [0.25, 0.3) is 0 Å². The first-order valence-electron chi connectivity index (χ1n) is 6.84. The van der Waals surface area contributed by atoms with Gasteiger partial charge in [0.15, 0.2) is 0 Å². The zero-order valence-electron chi connectivity index (χ0n) is 10.5. The van der Waals surface area contributed by atoms with Crippen LogP contribution in [0.15, 0.2) is 0 Å². The first kappa shape index (κ1) is 10.6. The number of hydrogen-bond acceptors (Lipinski definition) is 1. The quantitative estimate of drug-likeness (QED) is 0.763. The minimum Gasteiger partial charge on any atom is -0.351 e. The second-order valence-electron chi connectivity index (χ2n) is 6.78. The van der Waals surface area contributed by atoms with E-state index in [0.29, 0.717) is 5.41 Å². The Hall–Kier alpha value is -0.530. The summed E-state index contributed by atoms with van der Waals surface area (Å²) in [6.45, 7) is 4.02. The highest BCUT2D eigenvalue weighted by Crippen LogP contribution is 2.62. The minimum absolute atomic E-state index is 0.174. The van der Waals surface area contributed by atoms with Gasteiger partial charge in [-0.2, -0.15) is 0 Å². The third-order valence-corrected chi connectivity index (χ3v) is 5.37. The predicted octanol–water partition coefficient (Wildman–Crippen LogP) is 2.87. The van der Waals surface area contributed by atoms with E-state index in [0.717, 1.165) is 11.8 Å². The molecule has 4 saturated carbocycles. The van der Waals surface area contributed by atoms with Gasteiger partial charge in [-0.3, -0.25) is 4.79 Å². The van der Waals surface area contributed by atoms with Crippen LogP contribution in [-0.4, -0.2) is 11.4 Å². The Labute approximate surface area is 98.2 Å². The lowest BCUT2D eigenvalue weighted by Gasteiger charge is -2.62. The molecule has 2 nitrogen and oxygen atoms in total. The Balaban J connectivity index is 1.89. The second kappa shape index (κ2) is 3.24. The summed E-state index contributed by atoms with van der Waals surface area (Å²) in [6, 6.07) is 0. The molecule has 4 bridgehead atoms. The molecule has 4 rings (SSSR count). The van der Waals surface area contributed by atoms with Gasteiger partial charge in [0.1, 0.15) is 0 Å². The Morgan fingerprint density at radius 1 is 1.25 bits per heavy atom. The Morgan fingerprint density at radius 3 is 2.38 bits per heavy atom. The molecule has 0 radical (unpaired) electrons. The van der Waals surface area contributed by atoms with Gasteiger partial charge in [-0.1, -0.05) is 13.3 Å². The summed E-state index contributed by atoms with van der Waals surface area (Å²) in [6.07, 6.45) is 9.37. The monoisotopic (exact) mass is 221 g/mol. The van der Waals surface area contributed by atoms with E-state index in [1.807, 2.05) is 0 Å². The van der Waals surface area contributed by atoms with Gasteiger partial charge < -0.3 is 5.32 Å². The molecule has 0 spiro atoms. The Kier molecular flexibility index (Phi) is 2.15. The second-order valence-corrected chi connectivity index (χ2v) is 6.78. The molecular weight excluding hydrogens is 198 g/mol. The zero-order valence-corrected chi connectivity index (χ0v) is 10.5. The standard InChI is InChI=1S/C14H23NO/c1-3-13-5-11-4-12(6-13)8-14(7-11,9-13)15-10(2)16/h11-12H,3-9H2,1-2H3,(H,15,16)/t11-,12+,13?,14?. The fourth-order valence-electron chi connectivity index (χ4n) is 5.39. The molecule has 1 N–H and O–H groups in total. The molecule has 0 saturated heterocycles. The van der Waals surface area contributed by atoms with Crippen molar-refractivity contribution < 1.29 is 4.79 Å². The van der Waals surface area contributed by atoms with Gasteiger partial charge in [0.2, 0.25) is 5.91 Å². The highest BCUT2D eigenvalue weighted by molar-refractivity contribution is 5.74. The summed E-state index contributed by atoms with van der Waals surface area (Å²) in [4.78, 5) is 11.4. The number of nitrogens with one attached hydrogen (secondary N) is 1. The van der Waals surface area contributed by atoms with Crippen molar-refractivity contribution in [3.05, 3.63) is 0 Å². The van der Waals surface area contributed by atoms with Crippen molar-refractivity contribution >= 4 is 5.91 Å². The van der Waals surface area contributed by atoms with Crippen molar-refractivity contribution in [3.63, 3.8) is 0 Å². The topological polar surface area (TPSA) is 29.1 Å². The van der Waals surface area contributed by atoms with Crippen LogP contribution in [0.5, 0.6) is 0 Å². The summed E-state index contributed by atoms with van der Waals surface area (Å²) in [5.74, 6) is 1.97. The largest absolute Gasteiger partial charge is 0.351 e. The lowest BCUT2D eigenvalue weighted by atomic mass is 9.46. The normalized spacial score (nSPS) is 49.4. The van der Waals surface area contributed by atoms with Crippen molar-refractivity contribution in [3.8, 4) is 0 Å². The van der Waals surface area contributed by atoms with E-state index < -0.39 is 0 Å². The number of rotatable bonds is 2. The van der Waals surface area contributed by atoms with Gasteiger partial charge in [-0.25, -0.2) is 0 Å². The van der Waals surface area contributed by atoms with Crippen LogP contribution in [0.1, 0.15) is 58.8 Å². The van der Waals surface area contributed by atoms with E-state index >= 15 is 0 Å². The van der Waals surface area contributed by atoms with Crippen molar-refractivity contribution in [2.24, 2.45) is 17.3 Å². The predicted molar refractivity (Wildman–Crippen MR) is 64.0 cm³/mol. The maximum atomic E-state index is 11.4. The third kappa shape index (κ3) is 1.49. The minimum atomic E-state index is 0.174. The molecule has 0 aromatic rings. The zero-order chi connectivity index (χ0) is 11.4. The van der Waals surface area contributed by atoms with E-state index in [2.05, 4.69) is 12.2 Å². The number of amides is 1. The maximum absolute atomic E-state index is 11.4. The molecule has 0 heterocycles. The summed E-state index contributed by atoms with van der Waals surface area (Å²) in [5, 5.41) is 3.31. The Bertz CT molecular complexity index is 309. The molecule has 1 amide bonds. The molecule has 2 heteroatoms. The van der Waals surface area contributed by atoms with Crippen LogP contribution >= 0.6 is 0 Å². The summed E-state index contributed by atoms with van der Waals surface area (Å²) in [5.41, 5.74) is 0.762. The summed E-state index contributed by atoms with van der Waals surface area (Å²) >= 11 is 0. The van der Waals surface area contributed by atoms with Crippen molar-refractivity contribution in [2.45, 2.75) is 64.3 Å². The molecule has 4 fully saturated rings. The van der Waals surface area contributed by atoms with E-state index in [9.17, 15) is 4.79 Å². The lowest BCUT2D eigenvalue weighted by molar-refractivity contribution is -0.129. The average Bonchev–Trinajstić information content (AvgIpc) is 2.13. The van der Waals surface area contributed by atoms with Crippen molar-refractivity contribution in [2.75, 3.05) is 0 Å². The average molecular weight is 221 g/mol.